The van der Waals surface area contributed by atoms with Crippen LogP contribution in [0.15, 0.2) is 18.3 Å². The lowest BCUT2D eigenvalue weighted by atomic mass is 9.88. The van der Waals surface area contributed by atoms with Crippen molar-refractivity contribution in [1.82, 2.24) is 4.98 Å². The summed E-state index contributed by atoms with van der Waals surface area (Å²) in [5.74, 6) is -0.330. The number of aromatic nitrogens is 1. The third-order valence-electron chi connectivity index (χ3n) is 3.76. The van der Waals surface area contributed by atoms with E-state index in [2.05, 4.69) is 11.9 Å². The van der Waals surface area contributed by atoms with E-state index >= 15 is 0 Å². The number of carboxylic acid groups (broad SMARTS) is 1. The summed E-state index contributed by atoms with van der Waals surface area (Å²) in [7, 11) is 0. The number of aliphatic carboxylic acids is 1. The van der Waals surface area contributed by atoms with E-state index in [4.69, 9.17) is 5.26 Å². The number of carbonyl (C=O) groups is 1. The molecule has 1 aromatic heterocycles. The van der Waals surface area contributed by atoms with Gasteiger partial charge in [-0.15, -0.1) is 0 Å². The van der Waals surface area contributed by atoms with Crippen LogP contribution in [0.1, 0.15) is 31.9 Å². The topological polar surface area (TPSA) is 77.2 Å². The van der Waals surface area contributed by atoms with Crippen LogP contribution in [0.3, 0.4) is 0 Å². The SMILES string of the molecule is CCC1CCN(c2ccnc(C#N)c2)C(C(=O)O)C1. The van der Waals surface area contributed by atoms with Gasteiger partial charge >= 0.3 is 5.97 Å². The minimum Gasteiger partial charge on any atom is -0.480 e. The first-order chi connectivity index (χ1) is 9.15. The summed E-state index contributed by atoms with van der Waals surface area (Å²) in [6.45, 7) is 2.81. The zero-order valence-corrected chi connectivity index (χ0v) is 10.9. The molecule has 1 N–H and O–H groups in total. The van der Waals surface area contributed by atoms with Gasteiger partial charge in [-0.1, -0.05) is 13.3 Å². The monoisotopic (exact) mass is 259 g/mol. The van der Waals surface area contributed by atoms with E-state index in [9.17, 15) is 9.90 Å². The van der Waals surface area contributed by atoms with E-state index in [1.54, 1.807) is 18.3 Å². The van der Waals surface area contributed by atoms with Gasteiger partial charge in [-0.2, -0.15) is 5.26 Å². The molecule has 1 aliphatic rings. The molecule has 5 nitrogen and oxygen atoms in total. The minimum atomic E-state index is -0.798. The molecule has 0 aromatic carbocycles. The van der Waals surface area contributed by atoms with E-state index < -0.39 is 12.0 Å². The van der Waals surface area contributed by atoms with Gasteiger partial charge in [-0.3, -0.25) is 0 Å². The maximum absolute atomic E-state index is 11.4. The van der Waals surface area contributed by atoms with Crippen LogP contribution in [0.5, 0.6) is 0 Å². The average molecular weight is 259 g/mol. The van der Waals surface area contributed by atoms with E-state index in [0.29, 0.717) is 24.6 Å². The summed E-state index contributed by atoms with van der Waals surface area (Å²) in [6.07, 6.45) is 4.22. The van der Waals surface area contributed by atoms with E-state index in [1.807, 2.05) is 11.0 Å². The van der Waals surface area contributed by atoms with E-state index in [0.717, 1.165) is 18.5 Å². The Hall–Kier alpha value is -2.09. The highest BCUT2D eigenvalue weighted by molar-refractivity contribution is 5.78. The van der Waals surface area contributed by atoms with Crippen molar-refractivity contribution in [1.29, 1.82) is 5.26 Å². The van der Waals surface area contributed by atoms with Crippen molar-refractivity contribution in [2.45, 2.75) is 32.2 Å². The summed E-state index contributed by atoms with van der Waals surface area (Å²) >= 11 is 0. The molecule has 100 valence electrons. The van der Waals surface area contributed by atoms with Crippen molar-refractivity contribution in [3.8, 4) is 6.07 Å². The number of carboxylic acids is 1. The summed E-state index contributed by atoms with van der Waals surface area (Å²) in [5.41, 5.74) is 1.09. The number of rotatable bonds is 3. The normalized spacial score (nSPS) is 22.8. The molecule has 1 aliphatic heterocycles. The van der Waals surface area contributed by atoms with Gasteiger partial charge in [0.05, 0.1) is 0 Å². The van der Waals surface area contributed by atoms with Crippen LogP contribution in [-0.4, -0.2) is 28.6 Å². The molecule has 2 rings (SSSR count). The average Bonchev–Trinajstić information content (AvgIpc) is 2.46. The van der Waals surface area contributed by atoms with Crippen LogP contribution >= 0.6 is 0 Å². The van der Waals surface area contributed by atoms with Crippen molar-refractivity contribution in [3.63, 3.8) is 0 Å². The van der Waals surface area contributed by atoms with Crippen LogP contribution in [0.4, 0.5) is 5.69 Å². The summed E-state index contributed by atoms with van der Waals surface area (Å²) in [5, 5.41) is 18.3. The maximum Gasteiger partial charge on any atom is 0.326 e. The molecule has 2 heterocycles. The first kappa shape index (κ1) is 13.3. The molecule has 0 aliphatic carbocycles. The Labute approximate surface area is 112 Å². The maximum atomic E-state index is 11.4. The Balaban J connectivity index is 2.26. The van der Waals surface area contributed by atoms with Gasteiger partial charge in [0.1, 0.15) is 17.8 Å². The molecule has 19 heavy (non-hydrogen) atoms. The second-order valence-corrected chi connectivity index (χ2v) is 4.86. The van der Waals surface area contributed by atoms with Crippen molar-refractivity contribution in [2.24, 2.45) is 5.92 Å². The molecule has 0 spiro atoms. The number of pyridine rings is 1. The van der Waals surface area contributed by atoms with Gasteiger partial charge in [-0.25, -0.2) is 9.78 Å². The lowest BCUT2D eigenvalue weighted by Gasteiger charge is -2.38. The molecule has 0 radical (unpaired) electrons. The number of hydrogen-bond acceptors (Lipinski definition) is 4. The standard InChI is InChI=1S/C14H17N3O2/c1-2-10-4-6-17(13(7-10)14(18)19)12-3-5-16-11(8-12)9-15/h3,5,8,10,13H,2,4,6-7H2,1H3,(H,18,19). The number of piperidine rings is 1. The van der Waals surface area contributed by atoms with Crippen LogP contribution in [-0.2, 0) is 4.79 Å². The predicted octanol–water partition coefficient (Wildman–Crippen LogP) is 2.03. The van der Waals surface area contributed by atoms with Gasteiger partial charge < -0.3 is 10.0 Å². The van der Waals surface area contributed by atoms with Crippen molar-refractivity contribution >= 4 is 11.7 Å². The molecule has 1 fully saturated rings. The predicted molar refractivity (Wildman–Crippen MR) is 70.7 cm³/mol. The third kappa shape index (κ3) is 2.84. The fourth-order valence-corrected chi connectivity index (χ4v) is 2.61. The molecular formula is C14H17N3O2. The molecule has 2 atom stereocenters. The Kier molecular flexibility index (Phi) is 4.00. The van der Waals surface area contributed by atoms with Crippen LogP contribution in [0, 0.1) is 17.2 Å². The van der Waals surface area contributed by atoms with Gasteiger partial charge in [0.15, 0.2) is 0 Å². The Morgan fingerprint density at radius 3 is 3.11 bits per heavy atom. The number of hydrogen-bond donors (Lipinski definition) is 1. The second kappa shape index (κ2) is 5.70. The fraction of sp³-hybridized carbons (Fsp3) is 0.500. The fourth-order valence-electron chi connectivity index (χ4n) is 2.61. The molecule has 0 amide bonds. The van der Waals surface area contributed by atoms with Gasteiger partial charge in [0.2, 0.25) is 0 Å². The third-order valence-corrected chi connectivity index (χ3v) is 3.76. The highest BCUT2D eigenvalue weighted by Gasteiger charge is 2.32. The molecule has 0 saturated carbocycles. The highest BCUT2D eigenvalue weighted by Crippen LogP contribution is 2.29. The van der Waals surface area contributed by atoms with Gasteiger partial charge in [-0.05, 0) is 30.9 Å². The first-order valence-corrected chi connectivity index (χ1v) is 6.51. The molecule has 1 aromatic rings. The van der Waals surface area contributed by atoms with Gasteiger partial charge in [0.25, 0.3) is 0 Å². The molecule has 0 bridgehead atoms. The lowest BCUT2D eigenvalue weighted by Crippen LogP contribution is -2.47. The smallest absolute Gasteiger partial charge is 0.326 e. The Bertz CT molecular complexity index is 510. The van der Waals surface area contributed by atoms with Crippen molar-refractivity contribution < 1.29 is 9.90 Å². The Morgan fingerprint density at radius 1 is 1.68 bits per heavy atom. The molecule has 1 saturated heterocycles. The highest BCUT2D eigenvalue weighted by atomic mass is 16.4. The van der Waals surface area contributed by atoms with Crippen LogP contribution < -0.4 is 4.90 Å². The summed E-state index contributed by atoms with van der Waals surface area (Å²) in [6, 6.07) is 4.90. The number of anilines is 1. The Morgan fingerprint density at radius 2 is 2.47 bits per heavy atom. The van der Waals surface area contributed by atoms with Crippen LogP contribution in [0.25, 0.3) is 0 Å². The quantitative estimate of drug-likeness (QED) is 0.898. The van der Waals surface area contributed by atoms with Crippen molar-refractivity contribution in [2.75, 3.05) is 11.4 Å². The summed E-state index contributed by atoms with van der Waals surface area (Å²) < 4.78 is 0. The molecule has 2 unspecified atom stereocenters. The zero-order chi connectivity index (χ0) is 13.8. The molecule has 5 heteroatoms. The number of nitriles is 1. The summed E-state index contributed by atoms with van der Waals surface area (Å²) in [4.78, 5) is 17.2. The lowest BCUT2D eigenvalue weighted by molar-refractivity contribution is -0.139. The van der Waals surface area contributed by atoms with E-state index in [-0.39, 0.29) is 0 Å². The zero-order valence-electron chi connectivity index (χ0n) is 10.9. The van der Waals surface area contributed by atoms with Crippen molar-refractivity contribution in [3.05, 3.63) is 24.0 Å². The minimum absolute atomic E-state index is 0.319. The molecular weight excluding hydrogens is 242 g/mol. The van der Waals surface area contributed by atoms with Gasteiger partial charge in [0, 0.05) is 18.4 Å². The van der Waals surface area contributed by atoms with E-state index in [1.165, 1.54) is 0 Å². The first-order valence-electron chi connectivity index (χ1n) is 6.51. The largest absolute Gasteiger partial charge is 0.480 e. The second-order valence-electron chi connectivity index (χ2n) is 4.86. The van der Waals surface area contributed by atoms with Crippen LogP contribution in [0.2, 0.25) is 0 Å². The number of nitrogens with zero attached hydrogens (tertiary/aromatic N) is 3.